The Bertz CT molecular complexity index is 375. The van der Waals surface area contributed by atoms with E-state index in [0.717, 1.165) is 11.8 Å². The second-order valence-electron chi connectivity index (χ2n) is 5.48. The summed E-state index contributed by atoms with van der Waals surface area (Å²) < 4.78 is 0. The Hall–Kier alpha value is -0.540. The fourth-order valence-corrected chi connectivity index (χ4v) is 3.83. The minimum Gasteiger partial charge on any atom is -0.310 e. The summed E-state index contributed by atoms with van der Waals surface area (Å²) in [5.41, 5.74) is 1.36. The number of hydrogen-bond acceptors (Lipinski definition) is 3. The van der Waals surface area contributed by atoms with Crippen molar-refractivity contribution in [3.05, 3.63) is 23.9 Å². The van der Waals surface area contributed by atoms with Crippen LogP contribution in [0.5, 0.6) is 0 Å². The molecule has 1 saturated carbocycles. The first-order valence-corrected chi connectivity index (χ1v) is 8.53. The molecule has 0 spiro atoms. The van der Waals surface area contributed by atoms with Crippen molar-refractivity contribution >= 4 is 11.8 Å². The summed E-state index contributed by atoms with van der Waals surface area (Å²) in [6.07, 6.45) is 10.1. The Morgan fingerprint density at radius 1 is 1.37 bits per heavy atom. The Morgan fingerprint density at radius 3 is 2.89 bits per heavy atom. The maximum atomic E-state index is 4.53. The minimum absolute atomic E-state index is 0.425. The monoisotopic (exact) mass is 278 g/mol. The number of aromatic nitrogens is 1. The van der Waals surface area contributed by atoms with Gasteiger partial charge in [0.1, 0.15) is 0 Å². The molecule has 2 nitrogen and oxygen atoms in total. The average Bonchev–Trinajstić information content (AvgIpc) is 2.46. The van der Waals surface area contributed by atoms with Crippen molar-refractivity contribution in [2.45, 2.75) is 68.7 Å². The highest BCUT2D eigenvalue weighted by molar-refractivity contribution is 7.99. The van der Waals surface area contributed by atoms with Crippen LogP contribution >= 0.6 is 11.8 Å². The van der Waals surface area contributed by atoms with Gasteiger partial charge in [-0.05, 0) is 50.4 Å². The fourth-order valence-electron chi connectivity index (χ4n) is 2.59. The molecule has 106 valence electrons. The zero-order chi connectivity index (χ0) is 13.5. The van der Waals surface area contributed by atoms with E-state index in [-0.39, 0.29) is 0 Å². The van der Waals surface area contributed by atoms with Crippen molar-refractivity contribution in [1.82, 2.24) is 10.3 Å². The van der Waals surface area contributed by atoms with E-state index in [1.807, 2.05) is 18.0 Å². The van der Waals surface area contributed by atoms with Crippen LogP contribution in [0.2, 0.25) is 0 Å². The summed E-state index contributed by atoms with van der Waals surface area (Å²) in [6, 6.07) is 4.83. The SMILES string of the molecule is CCCNC(C)c1ccnc(SC2CCCCC2)c1. The highest BCUT2D eigenvalue weighted by Crippen LogP contribution is 2.33. The lowest BCUT2D eigenvalue weighted by molar-refractivity contribution is 0.515. The van der Waals surface area contributed by atoms with Crippen LogP contribution < -0.4 is 5.32 Å². The summed E-state index contributed by atoms with van der Waals surface area (Å²) in [5, 5.41) is 5.53. The predicted molar refractivity (Wildman–Crippen MR) is 83.7 cm³/mol. The van der Waals surface area contributed by atoms with Crippen molar-refractivity contribution in [1.29, 1.82) is 0 Å². The highest BCUT2D eigenvalue weighted by atomic mass is 32.2. The van der Waals surface area contributed by atoms with Crippen molar-refractivity contribution in [2.24, 2.45) is 0 Å². The molecule has 0 bridgehead atoms. The summed E-state index contributed by atoms with van der Waals surface area (Å²) in [4.78, 5) is 4.53. The van der Waals surface area contributed by atoms with Crippen molar-refractivity contribution in [2.75, 3.05) is 6.54 Å². The molecular weight excluding hydrogens is 252 g/mol. The highest BCUT2D eigenvalue weighted by Gasteiger charge is 2.15. The molecule has 1 aliphatic rings. The second kappa shape index (κ2) is 7.91. The van der Waals surface area contributed by atoms with Crippen LogP contribution in [0.4, 0.5) is 0 Å². The van der Waals surface area contributed by atoms with Crippen LogP contribution in [-0.4, -0.2) is 16.8 Å². The normalized spacial score (nSPS) is 18.4. The molecule has 1 N–H and O–H groups in total. The van der Waals surface area contributed by atoms with Crippen LogP contribution in [0.15, 0.2) is 23.4 Å². The first kappa shape index (κ1) is 14.9. The lowest BCUT2D eigenvalue weighted by Gasteiger charge is -2.21. The van der Waals surface area contributed by atoms with Crippen molar-refractivity contribution in [3.63, 3.8) is 0 Å². The molecule has 1 aromatic heterocycles. The smallest absolute Gasteiger partial charge is 0.0965 e. The summed E-state index contributed by atoms with van der Waals surface area (Å²) in [6.45, 7) is 5.52. The third kappa shape index (κ3) is 4.81. The summed E-state index contributed by atoms with van der Waals surface area (Å²) in [7, 11) is 0. The summed E-state index contributed by atoms with van der Waals surface area (Å²) >= 11 is 1.98. The molecule has 0 amide bonds. The molecule has 3 heteroatoms. The van der Waals surface area contributed by atoms with Gasteiger partial charge in [0, 0.05) is 17.5 Å². The number of nitrogens with one attached hydrogen (secondary N) is 1. The van der Waals surface area contributed by atoms with E-state index >= 15 is 0 Å². The van der Waals surface area contributed by atoms with E-state index in [2.05, 4.69) is 36.3 Å². The second-order valence-corrected chi connectivity index (χ2v) is 6.80. The van der Waals surface area contributed by atoms with E-state index in [0.29, 0.717) is 6.04 Å². The Morgan fingerprint density at radius 2 is 2.16 bits per heavy atom. The lowest BCUT2D eigenvalue weighted by Crippen LogP contribution is -2.19. The van der Waals surface area contributed by atoms with Crippen LogP contribution in [0.25, 0.3) is 0 Å². The van der Waals surface area contributed by atoms with Gasteiger partial charge >= 0.3 is 0 Å². The van der Waals surface area contributed by atoms with E-state index in [1.54, 1.807) is 0 Å². The van der Waals surface area contributed by atoms with Gasteiger partial charge in [0.05, 0.1) is 5.03 Å². The van der Waals surface area contributed by atoms with Gasteiger partial charge in [0.25, 0.3) is 0 Å². The van der Waals surface area contributed by atoms with Gasteiger partial charge in [-0.1, -0.05) is 26.2 Å². The molecule has 0 radical (unpaired) electrons. The topological polar surface area (TPSA) is 24.9 Å². The zero-order valence-electron chi connectivity index (χ0n) is 12.2. The maximum absolute atomic E-state index is 4.53. The van der Waals surface area contributed by atoms with E-state index in [9.17, 15) is 0 Å². The minimum atomic E-state index is 0.425. The molecule has 0 aromatic carbocycles. The van der Waals surface area contributed by atoms with E-state index in [1.165, 1.54) is 49.1 Å². The number of thioether (sulfide) groups is 1. The number of hydrogen-bond donors (Lipinski definition) is 1. The molecule has 1 aliphatic carbocycles. The third-order valence-electron chi connectivity index (χ3n) is 3.80. The average molecular weight is 278 g/mol. The molecule has 1 heterocycles. The Balaban J connectivity index is 1.93. The Labute approximate surface area is 121 Å². The molecule has 19 heavy (non-hydrogen) atoms. The predicted octanol–water partition coefficient (Wildman–Crippen LogP) is 4.57. The molecule has 1 aromatic rings. The summed E-state index contributed by atoms with van der Waals surface area (Å²) in [5.74, 6) is 0. The maximum Gasteiger partial charge on any atom is 0.0965 e. The number of rotatable bonds is 6. The van der Waals surface area contributed by atoms with Gasteiger partial charge in [-0.2, -0.15) is 0 Å². The van der Waals surface area contributed by atoms with Gasteiger partial charge in [-0.3, -0.25) is 0 Å². The van der Waals surface area contributed by atoms with Gasteiger partial charge < -0.3 is 5.32 Å². The quantitative estimate of drug-likeness (QED) is 0.825. The first-order chi connectivity index (χ1) is 9.29. The Kier molecular flexibility index (Phi) is 6.18. The van der Waals surface area contributed by atoms with Crippen LogP contribution in [-0.2, 0) is 0 Å². The molecule has 0 saturated heterocycles. The lowest BCUT2D eigenvalue weighted by atomic mass is 10.0. The van der Waals surface area contributed by atoms with Gasteiger partial charge in [0.15, 0.2) is 0 Å². The first-order valence-electron chi connectivity index (χ1n) is 7.65. The number of nitrogens with zero attached hydrogens (tertiary/aromatic N) is 1. The molecule has 1 atom stereocenters. The van der Waals surface area contributed by atoms with Crippen LogP contribution in [0, 0.1) is 0 Å². The molecule has 1 unspecified atom stereocenters. The van der Waals surface area contributed by atoms with Crippen LogP contribution in [0.3, 0.4) is 0 Å². The standard InChI is InChI=1S/C16H26N2S/c1-3-10-17-13(2)14-9-11-18-16(12-14)19-15-7-5-4-6-8-15/h9,11-13,15,17H,3-8,10H2,1-2H3. The van der Waals surface area contributed by atoms with E-state index < -0.39 is 0 Å². The largest absolute Gasteiger partial charge is 0.310 e. The van der Waals surface area contributed by atoms with Crippen molar-refractivity contribution in [3.8, 4) is 0 Å². The zero-order valence-corrected chi connectivity index (χ0v) is 13.0. The van der Waals surface area contributed by atoms with Gasteiger partial charge in [-0.15, -0.1) is 11.8 Å². The molecule has 1 fully saturated rings. The third-order valence-corrected chi connectivity index (χ3v) is 5.07. The van der Waals surface area contributed by atoms with Crippen molar-refractivity contribution < 1.29 is 0 Å². The van der Waals surface area contributed by atoms with E-state index in [4.69, 9.17) is 0 Å². The molecule has 0 aliphatic heterocycles. The number of pyridine rings is 1. The molecular formula is C16H26N2S. The van der Waals surface area contributed by atoms with Crippen LogP contribution in [0.1, 0.15) is 64.0 Å². The van der Waals surface area contributed by atoms with Gasteiger partial charge in [0.2, 0.25) is 0 Å². The van der Waals surface area contributed by atoms with Gasteiger partial charge in [-0.25, -0.2) is 4.98 Å². The fraction of sp³-hybridized carbons (Fsp3) is 0.688. The molecule has 2 rings (SSSR count).